The molecule has 0 aromatic carbocycles. The van der Waals surface area contributed by atoms with Crippen molar-refractivity contribution in [1.29, 1.82) is 0 Å². The van der Waals surface area contributed by atoms with Gasteiger partial charge in [0.2, 0.25) is 0 Å². The predicted octanol–water partition coefficient (Wildman–Crippen LogP) is 0.850. The number of anilines is 1. The SMILES string of the molecule is CC(C)[C@H]1OCC[C@@H]1CNC(=O)c1nccnc1N. The lowest BCUT2D eigenvalue weighted by atomic mass is 9.93. The van der Waals surface area contributed by atoms with Crippen LogP contribution < -0.4 is 11.1 Å². The van der Waals surface area contributed by atoms with Gasteiger partial charge >= 0.3 is 0 Å². The van der Waals surface area contributed by atoms with Gasteiger partial charge in [-0.25, -0.2) is 9.97 Å². The van der Waals surface area contributed by atoms with Crippen LogP contribution in [0.5, 0.6) is 0 Å². The van der Waals surface area contributed by atoms with Gasteiger partial charge in [-0.3, -0.25) is 4.79 Å². The molecule has 0 saturated carbocycles. The second-order valence-corrected chi connectivity index (χ2v) is 5.13. The Balaban J connectivity index is 1.92. The van der Waals surface area contributed by atoms with Crippen molar-refractivity contribution in [1.82, 2.24) is 15.3 Å². The predicted molar refractivity (Wildman–Crippen MR) is 71.5 cm³/mol. The summed E-state index contributed by atoms with van der Waals surface area (Å²) in [6.45, 7) is 5.60. The zero-order chi connectivity index (χ0) is 13.8. The van der Waals surface area contributed by atoms with E-state index < -0.39 is 0 Å². The molecule has 1 aromatic heterocycles. The second-order valence-electron chi connectivity index (χ2n) is 5.13. The summed E-state index contributed by atoms with van der Waals surface area (Å²) in [5.41, 5.74) is 5.80. The molecule has 0 aliphatic carbocycles. The summed E-state index contributed by atoms with van der Waals surface area (Å²) in [4.78, 5) is 19.8. The molecule has 6 heteroatoms. The molecule has 3 N–H and O–H groups in total. The number of nitrogens with zero attached hydrogens (tertiary/aromatic N) is 2. The van der Waals surface area contributed by atoms with Crippen LogP contribution in [0.1, 0.15) is 30.8 Å². The largest absolute Gasteiger partial charge is 0.382 e. The Morgan fingerprint density at radius 2 is 2.26 bits per heavy atom. The van der Waals surface area contributed by atoms with E-state index in [1.54, 1.807) is 0 Å². The summed E-state index contributed by atoms with van der Waals surface area (Å²) >= 11 is 0. The summed E-state index contributed by atoms with van der Waals surface area (Å²) in [7, 11) is 0. The number of amides is 1. The Hall–Kier alpha value is -1.69. The van der Waals surface area contributed by atoms with Gasteiger partial charge in [0.05, 0.1) is 6.10 Å². The Morgan fingerprint density at radius 1 is 1.53 bits per heavy atom. The quantitative estimate of drug-likeness (QED) is 0.841. The van der Waals surface area contributed by atoms with Crippen LogP contribution in [0.15, 0.2) is 12.4 Å². The van der Waals surface area contributed by atoms with Gasteiger partial charge in [0.15, 0.2) is 11.5 Å². The molecule has 2 rings (SSSR count). The molecule has 104 valence electrons. The van der Waals surface area contributed by atoms with Gasteiger partial charge in [-0.1, -0.05) is 13.8 Å². The molecule has 1 amide bonds. The van der Waals surface area contributed by atoms with Gasteiger partial charge in [-0.15, -0.1) is 0 Å². The number of aromatic nitrogens is 2. The van der Waals surface area contributed by atoms with Crippen LogP contribution in [0.2, 0.25) is 0 Å². The molecule has 6 nitrogen and oxygen atoms in total. The fourth-order valence-electron chi connectivity index (χ4n) is 2.44. The molecule has 1 fully saturated rings. The molecular formula is C13H20N4O2. The zero-order valence-corrected chi connectivity index (χ0v) is 11.3. The standard InChI is InChI=1S/C13H20N4O2/c1-8(2)11-9(3-6-19-11)7-17-13(18)10-12(14)16-5-4-15-10/h4-5,8-9,11H,3,6-7H2,1-2H3,(H2,14,16)(H,17,18)/t9-,11-/m1/s1. The van der Waals surface area contributed by atoms with E-state index in [9.17, 15) is 4.79 Å². The normalized spacial score (nSPS) is 22.7. The Kier molecular flexibility index (Phi) is 4.31. The van der Waals surface area contributed by atoms with E-state index in [4.69, 9.17) is 10.5 Å². The van der Waals surface area contributed by atoms with Crippen LogP contribution in [0.3, 0.4) is 0 Å². The van der Waals surface area contributed by atoms with Crippen LogP contribution in [-0.4, -0.2) is 35.1 Å². The molecular weight excluding hydrogens is 244 g/mol. The van der Waals surface area contributed by atoms with Gasteiger partial charge in [0.1, 0.15) is 0 Å². The molecule has 1 aromatic rings. The van der Waals surface area contributed by atoms with Crippen molar-refractivity contribution in [2.24, 2.45) is 11.8 Å². The third-order valence-corrected chi connectivity index (χ3v) is 3.39. The molecule has 0 radical (unpaired) electrons. The average Bonchev–Trinajstić information content (AvgIpc) is 2.85. The van der Waals surface area contributed by atoms with Crippen molar-refractivity contribution in [2.45, 2.75) is 26.4 Å². The van der Waals surface area contributed by atoms with Crippen molar-refractivity contribution in [2.75, 3.05) is 18.9 Å². The molecule has 2 heterocycles. The minimum atomic E-state index is -0.278. The van der Waals surface area contributed by atoms with Crippen molar-refractivity contribution < 1.29 is 9.53 Å². The zero-order valence-electron chi connectivity index (χ0n) is 11.3. The molecule has 0 spiro atoms. The van der Waals surface area contributed by atoms with Crippen molar-refractivity contribution >= 4 is 11.7 Å². The Bertz CT molecular complexity index is 450. The lowest BCUT2D eigenvalue weighted by molar-refractivity contribution is 0.0533. The van der Waals surface area contributed by atoms with Crippen molar-refractivity contribution in [3.05, 3.63) is 18.1 Å². The maximum Gasteiger partial charge on any atom is 0.273 e. The third kappa shape index (κ3) is 3.20. The summed E-state index contributed by atoms with van der Waals surface area (Å²) in [6.07, 6.45) is 4.10. The highest BCUT2D eigenvalue weighted by atomic mass is 16.5. The van der Waals surface area contributed by atoms with E-state index in [0.717, 1.165) is 13.0 Å². The number of hydrogen-bond acceptors (Lipinski definition) is 5. The van der Waals surface area contributed by atoms with E-state index in [1.165, 1.54) is 12.4 Å². The maximum atomic E-state index is 12.0. The molecule has 19 heavy (non-hydrogen) atoms. The van der Waals surface area contributed by atoms with E-state index in [0.29, 0.717) is 18.4 Å². The second kappa shape index (κ2) is 5.97. The number of carbonyl (C=O) groups excluding carboxylic acids is 1. The lowest BCUT2D eigenvalue weighted by Gasteiger charge is -2.22. The molecule has 1 aliphatic rings. The lowest BCUT2D eigenvalue weighted by Crippen LogP contribution is -2.35. The maximum absolute atomic E-state index is 12.0. The number of hydrogen-bond donors (Lipinski definition) is 2. The first-order chi connectivity index (χ1) is 9.09. The summed E-state index contributed by atoms with van der Waals surface area (Å²) in [5, 5.41) is 2.87. The average molecular weight is 264 g/mol. The van der Waals surface area contributed by atoms with Gasteiger partial charge in [-0.05, 0) is 12.3 Å². The molecule has 1 saturated heterocycles. The number of ether oxygens (including phenoxy) is 1. The smallest absolute Gasteiger partial charge is 0.273 e. The molecule has 0 unspecified atom stereocenters. The van der Waals surface area contributed by atoms with E-state index in [1.807, 2.05) is 0 Å². The van der Waals surface area contributed by atoms with E-state index >= 15 is 0 Å². The first-order valence-electron chi connectivity index (χ1n) is 6.56. The molecule has 0 bridgehead atoms. The molecule has 1 aliphatic heterocycles. The van der Waals surface area contributed by atoms with Gasteiger partial charge < -0.3 is 15.8 Å². The third-order valence-electron chi connectivity index (χ3n) is 3.39. The van der Waals surface area contributed by atoms with Crippen LogP contribution in [0, 0.1) is 11.8 Å². The van der Waals surface area contributed by atoms with E-state index in [2.05, 4.69) is 29.1 Å². The topological polar surface area (TPSA) is 90.1 Å². The van der Waals surface area contributed by atoms with Gasteiger partial charge in [0, 0.05) is 31.5 Å². The van der Waals surface area contributed by atoms with Crippen molar-refractivity contribution in [3.63, 3.8) is 0 Å². The van der Waals surface area contributed by atoms with Crippen LogP contribution >= 0.6 is 0 Å². The summed E-state index contributed by atoms with van der Waals surface area (Å²) < 4.78 is 5.68. The number of rotatable bonds is 4. The minimum absolute atomic E-state index is 0.156. The first kappa shape index (κ1) is 13.7. The highest BCUT2D eigenvalue weighted by molar-refractivity contribution is 5.96. The summed E-state index contributed by atoms with van der Waals surface area (Å²) in [5.74, 6) is 0.677. The van der Waals surface area contributed by atoms with Crippen LogP contribution in [0.4, 0.5) is 5.82 Å². The minimum Gasteiger partial charge on any atom is -0.382 e. The first-order valence-corrected chi connectivity index (χ1v) is 6.56. The van der Waals surface area contributed by atoms with Gasteiger partial charge in [-0.2, -0.15) is 0 Å². The Morgan fingerprint density at radius 3 is 2.95 bits per heavy atom. The Labute approximate surface area is 112 Å². The number of carbonyl (C=O) groups is 1. The highest BCUT2D eigenvalue weighted by Crippen LogP contribution is 2.26. The number of nitrogen functional groups attached to an aromatic ring is 1. The fraction of sp³-hybridized carbons (Fsp3) is 0.615. The summed E-state index contributed by atoms with van der Waals surface area (Å²) in [6, 6.07) is 0. The van der Waals surface area contributed by atoms with Gasteiger partial charge in [0.25, 0.3) is 5.91 Å². The highest BCUT2D eigenvalue weighted by Gasteiger charge is 2.31. The monoisotopic (exact) mass is 264 g/mol. The number of nitrogens with one attached hydrogen (secondary N) is 1. The fourth-order valence-corrected chi connectivity index (χ4v) is 2.44. The van der Waals surface area contributed by atoms with Crippen molar-refractivity contribution in [3.8, 4) is 0 Å². The van der Waals surface area contributed by atoms with E-state index in [-0.39, 0.29) is 23.5 Å². The molecule has 2 atom stereocenters. The van der Waals surface area contributed by atoms with Crippen LogP contribution in [-0.2, 0) is 4.74 Å². The number of nitrogens with two attached hydrogens (primary N) is 1. The van der Waals surface area contributed by atoms with Crippen LogP contribution in [0.25, 0.3) is 0 Å².